The first-order valence-electron chi connectivity index (χ1n) is 23.6. The summed E-state index contributed by atoms with van der Waals surface area (Å²) in [4.78, 5) is 0. The van der Waals surface area contributed by atoms with Gasteiger partial charge in [-0.1, -0.05) is 105 Å². The summed E-state index contributed by atoms with van der Waals surface area (Å²) in [6, 6.07) is 13.9. The minimum atomic E-state index is -0.0143. The normalized spacial score (nSPS) is 20.0. The summed E-state index contributed by atoms with van der Waals surface area (Å²) >= 11 is 8.20. The van der Waals surface area contributed by atoms with Gasteiger partial charge >= 0.3 is 0 Å². The van der Waals surface area contributed by atoms with E-state index >= 15 is 0 Å². The van der Waals surface area contributed by atoms with E-state index in [9.17, 15) is 0 Å². The molecule has 4 aliphatic heterocycles. The fourth-order valence-electron chi connectivity index (χ4n) is 10.6. The van der Waals surface area contributed by atoms with Crippen molar-refractivity contribution < 1.29 is 37.9 Å². The zero-order chi connectivity index (χ0) is 42.7. The molecule has 0 aromatic heterocycles. The first-order chi connectivity index (χ1) is 30.4. The molecule has 8 nitrogen and oxygen atoms in total. The van der Waals surface area contributed by atoms with Crippen molar-refractivity contribution in [1.82, 2.24) is 0 Å². The molecule has 10 heteroatoms. The molecule has 0 N–H and O–H groups in total. The number of rotatable bonds is 16. The van der Waals surface area contributed by atoms with Gasteiger partial charge in [0.15, 0.2) is 0 Å². The Hall–Kier alpha value is -3.76. The van der Waals surface area contributed by atoms with E-state index in [0.717, 1.165) is 180 Å². The van der Waals surface area contributed by atoms with Crippen LogP contribution in [0.1, 0.15) is 199 Å². The van der Waals surface area contributed by atoms with Crippen LogP contribution < -0.4 is 37.9 Å². The lowest BCUT2D eigenvalue weighted by Gasteiger charge is -2.35. The van der Waals surface area contributed by atoms with Crippen molar-refractivity contribution >= 4 is 31.9 Å². The van der Waals surface area contributed by atoms with Crippen LogP contribution in [-0.2, 0) is 0 Å². The smallest absolute Gasteiger partial charge is 0.230 e. The molecule has 0 saturated carbocycles. The van der Waals surface area contributed by atoms with Crippen LogP contribution in [-0.4, -0.2) is 27.2 Å². The van der Waals surface area contributed by atoms with E-state index in [1.165, 1.54) is 22.3 Å². The van der Waals surface area contributed by atoms with Gasteiger partial charge in [0.1, 0.15) is 54.9 Å². The summed E-state index contributed by atoms with van der Waals surface area (Å²) in [6.45, 7) is 9.26. The van der Waals surface area contributed by atoms with Crippen molar-refractivity contribution in [2.45, 2.75) is 154 Å². The molecular weight excluding hydrogens is 912 g/mol. The van der Waals surface area contributed by atoms with Crippen molar-refractivity contribution in [3.63, 3.8) is 0 Å². The summed E-state index contributed by atoms with van der Waals surface area (Å²) in [7, 11) is 0. The van der Waals surface area contributed by atoms with Crippen LogP contribution >= 0.6 is 31.9 Å². The molecule has 0 saturated heterocycles. The Balaban J connectivity index is 1.41. The summed E-state index contributed by atoms with van der Waals surface area (Å²) < 4.78 is 54.8. The van der Waals surface area contributed by atoms with Crippen LogP contribution in [0.25, 0.3) is 0 Å². The van der Waals surface area contributed by atoms with Crippen LogP contribution in [0.15, 0.2) is 45.3 Å². The molecule has 332 valence electrons. The van der Waals surface area contributed by atoms with Crippen LogP contribution in [0, 0.1) is 0 Å². The Morgan fingerprint density at radius 3 is 0.823 bits per heavy atom. The van der Waals surface area contributed by atoms with Crippen molar-refractivity contribution in [2.24, 2.45) is 0 Å². The van der Waals surface area contributed by atoms with Gasteiger partial charge in [0, 0.05) is 80.3 Å². The van der Waals surface area contributed by atoms with E-state index in [2.05, 4.69) is 96.0 Å². The third-order valence-electron chi connectivity index (χ3n) is 13.8. The number of halogens is 2. The highest BCUT2D eigenvalue weighted by atomic mass is 79.9. The molecule has 4 unspecified atom stereocenters. The molecule has 4 heterocycles. The number of hydrogen-bond acceptors (Lipinski definition) is 8. The molecule has 0 amide bonds. The quantitative estimate of drug-likeness (QED) is 0.103. The summed E-state index contributed by atoms with van der Waals surface area (Å²) in [6.07, 6.45) is 17.1. The third kappa shape index (κ3) is 8.25. The summed E-state index contributed by atoms with van der Waals surface area (Å²) in [5.74, 6) is 6.21. The van der Waals surface area contributed by atoms with Crippen LogP contribution in [0.4, 0.5) is 0 Å². The second-order valence-electron chi connectivity index (χ2n) is 17.7. The van der Waals surface area contributed by atoms with E-state index in [1.807, 2.05) is 0 Å². The van der Waals surface area contributed by atoms with Gasteiger partial charge in [0.05, 0.1) is 0 Å². The van der Waals surface area contributed by atoms with Crippen molar-refractivity contribution in [2.75, 3.05) is 27.2 Å². The predicted octanol–water partition coefficient (Wildman–Crippen LogP) is 15.3. The number of hydrogen-bond donors (Lipinski definition) is 0. The maximum absolute atomic E-state index is 6.68. The zero-order valence-corrected chi connectivity index (χ0v) is 40.1. The van der Waals surface area contributed by atoms with Crippen molar-refractivity contribution in [1.29, 1.82) is 0 Å². The summed E-state index contributed by atoms with van der Waals surface area (Å²) in [5, 5.41) is 0. The van der Waals surface area contributed by atoms with E-state index in [-0.39, 0.29) is 50.8 Å². The van der Waals surface area contributed by atoms with E-state index in [1.54, 1.807) is 0 Å². The van der Waals surface area contributed by atoms with Crippen LogP contribution in [0.5, 0.6) is 46.0 Å². The third-order valence-corrected chi connectivity index (χ3v) is 15.3. The molecule has 0 radical (unpaired) electrons. The first-order valence-corrected chi connectivity index (χ1v) is 25.1. The largest absolute Gasteiger partial charge is 0.457 e. The minimum absolute atomic E-state index is 0.0143. The second kappa shape index (κ2) is 19.5. The van der Waals surface area contributed by atoms with Gasteiger partial charge in [-0.25, -0.2) is 0 Å². The molecule has 9 rings (SSSR count). The topological polar surface area (TPSA) is 73.8 Å². The molecule has 0 spiro atoms. The van der Waals surface area contributed by atoms with Crippen molar-refractivity contribution in [3.05, 3.63) is 89.9 Å². The minimum Gasteiger partial charge on any atom is -0.457 e. The molecule has 4 aromatic carbocycles. The maximum Gasteiger partial charge on any atom is 0.230 e. The number of unbranched alkanes of at least 4 members (excludes halogenated alkanes) is 8. The van der Waals surface area contributed by atoms with Crippen LogP contribution in [0.3, 0.4) is 0 Å². The van der Waals surface area contributed by atoms with Crippen molar-refractivity contribution in [3.8, 4) is 46.0 Å². The standard InChI is InChI=1S/C52H62Br2O8/c1-5-9-13-17-31-35-21-36-32(18-14-10-6-2)41-24-42-34(20-16-12-8-4)38-22-37-33(19-15-11-7-3)40-23-39(31)49-47(53)50(40)60-29-57-45(37)26-46(38)58-30-62-52(42)48(54)51(41)61-28-56-44(36)25-43(35)55-27-59-49/h21-26,31-34H,5-20,27-30H2,1-4H3. The molecule has 4 aromatic rings. The highest BCUT2D eigenvalue weighted by Gasteiger charge is 2.39. The molecule has 62 heavy (non-hydrogen) atoms. The molecule has 8 bridgehead atoms. The highest BCUT2D eigenvalue weighted by Crippen LogP contribution is 2.58. The SMILES string of the molecule is CCCCCC1c2cc3c4cc2OCOc2c1cc1c(c2Br)OCOc2cc5c(cc2C1CCCCC)C(CCCCC)c1cc(c(c(Br)c1OCO5)OCO4)C3CCCCC. The van der Waals surface area contributed by atoms with Gasteiger partial charge in [-0.2, -0.15) is 0 Å². The lowest BCUT2D eigenvalue weighted by molar-refractivity contribution is 0.0970. The Bertz CT molecular complexity index is 1960. The van der Waals surface area contributed by atoms with E-state index in [0.29, 0.717) is 0 Å². The van der Waals surface area contributed by atoms with Crippen LogP contribution in [0.2, 0.25) is 0 Å². The van der Waals surface area contributed by atoms with Gasteiger partial charge in [-0.15, -0.1) is 0 Å². The molecule has 4 atom stereocenters. The fraction of sp³-hybridized carbons (Fsp3) is 0.538. The van der Waals surface area contributed by atoms with E-state index < -0.39 is 0 Å². The highest BCUT2D eigenvalue weighted by molar-refractivity contribution is 9.11. The Morgan fingerprint density at radius 2 is 0.581 bits per heavy atom. The Morgan fingerprint density at radius 1 is 0.339 bits per heavy atom. The number of benzene rings is 4. The maximum atomic E-state index is 6.68. The Kier molecular flexibility index (Phi) is 13.7. The fourth-order valence-corrected chi connectivity index (χ4v) is 12.0. The average Bonchev–Trinajstić information content (AvgIpc) is 3.25. The lowest BCUT2D eigenvalue weighted by atomic mass is 9.76. The van der Waals surface area contributed by atoms with Gasteiger partial charge in [0.25, 0.3) is 0 Å². The molecule has 0 fully saturated rings. The predicted molar refractivity (Wildman–Crippen MR) is 250 cm³/mol. The monoisotopic (exact) mass is 972 g/mol. The zero-order valence-electron chi connectivity index (χ0n) is 36.9. The number of ether oxygens (including phenoxy) is 8. The Labute approximate surface area is 384 Å². The van der Waals surface area contributed by atoms with Gasteiger partial charge < -0.3 is 37.9 Å². The first kappa shape index (κ1) is 43.5. The second-order valence-corrected chi connectivity index (χ2v) is 19.3. The van der Waals surface area contributed by atoms with Gasteiger partial charge in [-0.3, -0.25) is 0 Å². The lowest BCUT2D eigenvalue weighted by Crippen LogP contribution is -2.23. The molecular formula is C52H62Br2O8. The van der Waals surface area contributed by atoms with E-state index in [4.69, 9.17) is 37.9 Å². The molecule has 1 aliphatic carbocycles. The average molecular weight is 975 g/mol. The van der Waals surface area contributed by atoms with Gasteiger partial charge in [0.2, 0.25) is 27.2 Å². The van der Waals surface area contributed by atoms with Gasteiger partial charge in [-0.05, 0) is 81.8 Å². The molecule has 5 aliphatic rings. The summed E-state index contributed by atoms with van der Waals surface area (Å²) in [5.41, 5.74) is 9.32.